The highest BCUT2D eigenvalue weighted by Crippen LogP contribution is 2.43. The summed E-state index contributed by atoms with van der Waals surface area (Å²) in [6, 6.07) is -0.870. The third-order valence-electron chi connectivity index (χ3n) is 11.0. The van der Waals surface area contributed by atoms with Crippen LogP contribution in [0.25, 0.3) is 0 Å². The van der Waals surface area contributed by atoms with Crippen LogP contribution in [0.1, 0.15) is 219 Å². The minimum Gasteiger partial charge on any atom is -0.387 e. The Labute approximate surface area is 371 Å². The van der Waals surface area contributed by atoms with E-state index in [1.54, 1.807) is 6.08 Å². The number of amides is 1. The Morgan fingerprint density at radius 3 is 1.47 bits per heavy atom. The summed E-state index contributed by atoms with van der Waals surface area (Å²) in [6.45, 7) is 4.76. The fourth-order valence-corrected chi connectivity index (χ4v) is 7.78. The molecule has 3 atom stereocenters. The maximum atomic E-state index is 12.9. The van der Waals surface area contributed by atoms with Crippen LogP contribution in [-0.4, -0.2) is 73.4 Å². The smallest absolute Gasteiger partial charge is 0.387 e. The minimum atomic E-state index is -4.35. The standard InChI is InChI=1S/C51H97N2O6P/c1-6-8-10-12-14-16-18-20-22-23-24-25-26-27-28-29-31-32-34-36-38-40-42-44-50(54)49(48-59-60(56,57)58-47-46-53(3,4)5)52-51(55)45-43-41-39-37-35-33-30-21-19-17-15-13-11-9-7-2/h15,17,19,21,34,36,42,44,49-50,54H,6-14,16,18,20,22-33,35,37-41,43,45-48H2,1-5H3,(H-,52,55,56,57)/p+1/b17-15-,21-19-,36-34+,44-42+. The molecule has 352 valence electrons. The summed E-state index contributed by atoms with van der Waals surface area (Å²) in [5.74, 6) is -0.199. The third kappa shape index (κ3) is 44.5. The van der Waals surface area contributed by atoms with Gasteiger partial charge in [0.05, 0.1) is 39.9 Å². The number of likely N-dealkylation sites (N-methyl/N-ethyl adjacent to an activating group) is 1. The number of allylic oxidation sites excluding steroid dienone is 7. The molecular weight excluding hydrogens is 768 g/mol. The normalized spacial score (nSPS) is 14.6. The van der Waals surface area contributed by atoms with E-state index in [1.807, 2.05) is 27.2 Å². The molecule has 0 aromatic carbocycles. The summed E-state index contributed by atoms with van der Waals surface area (Å²) in [4.78, 5) is 23.2. The highest BCUT2D eigenvalue weighted by molar-refractivity contribution is 7.47. The molecule has 3 unspecified atom stereocenters. The lowest BCUT2D eigenvalue weighted by Crippen LogP contribution is -2.45. The van der Waals surface area contributed by atoms with Crippen molar-refractivity contribution < 1.29 is 32.9 Å². The predicted molar refractivity (Wildman–Crippen MR) is 258 cm³/mol. The van der Waals surface area contributed by atoms with Crippen LogP contribution in [0.2, 0.25) is 0 Å². The Balaban J connectivity index is 4.37. The number of aliphatic hydroxyl groups excluding tert-OH is 1. The number of rotatable bonds is 45. The first-order valence-corrected chi connectivity index (χ1v) is 26.5. The quantitative estimate of drug-likeness (QED) is 0.0185. The van der Waals surface area contributed by atoms with Gasteiger partial charge in [0.2, 0.25) is 5.91 Å². The van der Waals surface area contributed by atoms with Crippen LogP contribution < -0.4 is 5.32 Å². The molecule has 0 saturated heterocycles. The monoisotopic (exact) mass is 866 g/mol. The van der Waals surface area contributed by atoms with Crippen molar-refractivity contribution in [3.63, 3.8) is 0 Å². The SMILES string of the molecule is CCCCC/C=C\C=C/CCCCCCCCC(=O)NC(COP(=O)(O)OCC[N+](C)(C)C)C(O)/C=C/CC/C=C/CCCCCCCCCCCCCCCCCCC. The highest BCUT2D eigenvalue weighted by Gasteiger charge is 2.27. The van der Waals surface area contributed by atoms with Crippen LogP contribution in [0.4, 0.5) is 0 Å². The summed E-state index contributed by atoms with van der Waals surface area (Å²) in [7, 11) is 1.54. The molecule has 0 aliphatic heterocycles. The van der Waals surface area contributed by atoms with Gasteiger partial charge in [0, 0.05) is 6.42 Å². The number of nitrogens with zero attached hydrogens (tertiary/aromatic N) is 1. The second kappa shape index (κ2) is 42.7. The molecule has 60 heavy (non-hydrogen) atoms. The maximum Gasteiger partial charge on any atom is 0.472 e. The zero-order valence-corrected chi connectivity index (χ0v) is 40.8. The number of quaternary nitrogens is 1. The average Bonchev–Trinajstić information content (AvgIpc) is 3.20. The molecule has 0 saturated carbocycles. The zero-order valence-electron chi connectivity index (χ0n) is 39.9. The van der Waals surface area contributed by atoms with Gasteiger partial charge in [0.25, 0.3) is 0 Å². The molecule has 0 aliphatic carbocycles. The maximum absolute atomic E-state index is 12.9. The number of unbranched alkanes of at least 4 members (excludes halogenated alkanes) is 27. The molecule has 0 rings (SSSR count). The van der Waals surface area contributed by atoms with Crippen molar-refractivity contribution in [1.29, 1.82) is 0 Å². The van der Waals surface area contributed by atoms with E-state index in [-0.39, 0.29) is 19.1 Å². The molecule has 0 bridgehead atoms. The van der Waals surface area contributed by atoms with E-state index in [0.29, 0.717) is 17.4 Å². The number of carbonyl (C=O) groups is 1. The van der Waals surface area contributed by atoms with Gasteiger partial charge in [-0.15, -0.1) is 0 Å². The van der Waals surface area contributed by atoms with Crippen molar-refractivity contribution in [2.75, 3.05) is 40.9 Å². The summed E-state index contributed by atoms with van der Waals surface area (Å²) < 4.78 is 23.6. The van der Waals surface area contributed by atoms with Gasteiger partial charge >= 0.3 is 7.82 Å². The van der Waals surface area contributed by atoms with Crippen molar-refractivity contribution >= 4 is 13.7 Å². The molecule has 0 aliphatic rings. The molecule has 8 nitrogen and oxygen atoms in total. The molecular formula is C51H98N2O6P+. The van der Waals surface area contributed by atoms with Gasteiger partial charge in [0.1, 0.15) is 13.2 Å². The summed E-state index contributed by atoms with van der Waals surface area (Å²) in [5.41, 5.74) is 0. The van der Waals surface area contributed by atoms with E-state index in [1.165, 1.54) is 141 Å². The van der Waals surface area contributed by atoms with Gasteiger partial charge in [-0.2, -0.15) is 0 Å². The average molecular weight is 866 g/mol. The van der Waals surface area contributed by atoms with E-state index in [0.717, 1.165) is 57.8 Å². The number of nitrogens with one attached hydrogen (secondary N) is 1. The Kier molecular flexibility index (Phi) is 41.6. The summed E-state index contributed by atoms with van der Waals surface area (Å²) in [5, 5.41) is 13.8. The van der Waals surface area contributed by atoms with Crippen molar-refractivity contribution in [3.05, 3.63) is 48.6 Å². The molecule has 1 amide bonds. The van der Waals surface area contributed by atoms with Crippen LogP contribution in [0, 0.1) is 0 Å². The summed E-state index contributed by atoms with van der Waals surface area (Å²) in [6.07, 6.45) is 54.8. The molecule has 9 heteroatoms. The second-order valence-electron chi connectivity index (χ2n) is 18.2. The minimum absolute atomic E-state index is 0.0526. The van der Waals surface area contributed by atoms with Crippen LogP contribution in [-0.2, 0) is 18.4 Å². The van der Waals surface area contributed by atoms with Gasteiger partial charge in [-0.3, -0.25) is 13.8 Å². The first-order chi connectivity index (χ1) is 29.0. The Morgan fingerprint density at radius 1 is 0.567 bits per heavy atom. The number of aliphatic hydroxyl groups is 1. The fourth-order valence-electron chi connectivity index (χ4n) is 7.05. The lowest BCUT2D eigenvalue weighted by Gasteiger charge is -2.25. The number of phosphoric acid groups is 1. The van der Waals surface area contributed by atoms with Crippen LogP contribution in [0.15, 0.2) is 48.6 Å². The van der Waals surface area contributed by atoms with Gasteiger partial charge in [-0.05, 0) is 57.8 Å². The van der Waals surface area contributed by atoms with Crippen LogP contribution in [0.5, 0.6) is 0 Å². The third-order valence-corrected chi connectivity index (χ3v) is 12.0. The van der Waals surface area contributed by atoms with E-state index >= 15 is 0 Å². The molecule has 0 radical (unpaired) electrons. The Hall–Kier alpha value is -1.54. The Bertz CT molecular complexity index is 1120. The van der Waals surface area contributed by atoms with E-state index in [2.05, 4.69) is 55.6 Å². The molecule has 0 heterocycles. The van der Waals surface area contributed by atoms with Crippen molar-refractivity contribution in [2.24, 2.45) is 0 Å². The Morgan fingerprint density at radius 2 is 0.967 bits per heavy atom. The van der Waals surface area contributed by atoms with Gasteiger partial charge in [-0.25, -0.2) is 4.57 Å². The van der Waals surface area contributed by atoms with Gasteiger partial charge < -0.3 is 19.8 Å². The molecule has 0 aromatic rings. The second-order valence-corrected chi connectivity index (χ2v) is 19.7. The molecule has 0 aromatic heterocycles. The predicted octanol–water partition coefficient (Wildman–Crippen LogP) is 14.4. The summed E-state index contributed by atoms with van der Waals surface area (Å²) >= 11 is 0. The zero-order chi connectivity index (χ0) is 44.3. The molecule has 3 N–H and O–H groups in total. The van der Waals surface area contributed by atoms with Crippen LogP contribution >= 0.6 is 7.82 Å². The number of carbonyl (C=O) groups excluding carboxylic acids is 1. The van der Waals surface area contributed by atoms with E-state index < -0.39 is 20.0 Å². The molecule has 0 fully saturated rings. The van der Waals surface area contributed by atoms with Crippen molar-refractivity contribution in [3.8, 4) is 0 Å². The number of hydrogen-bond donors (Lipinski definition) is 3. The highest BCUT2D eigenvalue weighted by atomic mass is 31.2. The number of hydrogen-bond acceptors (Lipinski definition) is 5. The van der Waals surface area contributed by atoms with Crippen molar-refractivity contribution in [2.45, 2.75) is 231 Å². The first-order valence-electron chi connectivity index (χ1n) is 25.0. The number of phosphoric ester groups is 1. The van der Waals surface area contributed by atoms with Gasteiger partial charge in [0.15, 0.2) is 0 Å². The van der Waals surface area contributed by atoms with Gasteiger partial charge in [-0.1, -0.05) is 204 Å². The van der Waals surface area contributed by atoms with E-state index in [9.17, 15) is 19.4 Å². The topological polar surface area (TPSA) is 105 Å². The van der Waals surface area contributed by atoms with Crippen LogP contribution in [0.3, 0.4) is 0 Å². The van der Waals surface area contributed by atoms with Crippen molar-refractivity contribution in [1.82, 2.24) is 5.32 Å². The lowest BCUT2D eigenvalue weighted by atomic mass is 10.0. The molecule has 0 spiro atoms. The first kappa shape index (κ1) is 58.5. The lowest BCUT2D eigenvalue weighted by molar-refractivity contribution is -0.870. The fraction of sp³-hybridized carbons (Fsp3) is 0.824. The largest absolute Gasteiger partial charge is 0.472 e. The van der Waals surface area contributed by atoms with E-state index in [4.69, 9.17) is 9.05 Å².